The van der Waals surface area contributed by atoms with Crippen LogP contribution in [-0.4, -0.2) is 12.5 Å². The molecule has 0 fully saturated rings. The number of carbonyl (C=O) groups excluding carboxylic acids is 1. The molecule has 0 unspecified atom stereocenters. The van der Waals surface area contributed by atoms with Crippen molar-refractivity contribution in [2.75, 3.05) is 11.9 Å². The molecule has 80 valence electrons. The quantitative estimate of drug-likeness (QED) is 0.749. The van der Waals surface area contributed by atoms with E-state index in [1.807, 2.05) is 31.2 Å². The molecule has 1 amide bonds. The molecule has 0 aliphatic rings. The van der Waals surface area contributed by atoms with Gasteiger partial charge < -0.3 is 10.1 Å². The summed E-state index contributed by atoms with van der Waals surface area (Å²) < 4.78 is 5.30. The molecule has 0 atom stereocenters. The summed E-state index contributed by atoms with van der Waals surface area (Å²) in [6, 6.07) is 7.55. The summed E-state index contributed by atoms with van der Waals surface area (Å²) in [6.45, 7) is 6.50. The highest BCUT2D eigenvalue weighted by Crippen LogP contribution is 2.15. The maximum Gasteiger partial charge on any atom is 0.247 e. The molecule has 3 heteroatoms. The molecular formula is C12H15NO2. The highest BCUT2D eigenvalue weighted by atomic mass is 16.5. The van der Waals surface area contributed by atoms with Crippen molar-refractivity contribution in [1.29, 1.82) is 0 Å². The molecule has 0 saturated carbocycles. The van der Waals surface area contributed by atoms with Crippen LogP contribution in [0.2, 0.25) is 0 Å². The Morgan fingerprint density at radius 3 is 2.93 bits per heavy atom. The molecule has 15 heavy (non-hydrogen) atoms. The van der Waals surface area contributed by atoms with E-state index >= 15 is 0 Å². The van der Waals surface area contributed by atoms with Gasteiger partial charge in [-0.3, -0.25) is 4.79 Å². The number of ether oxygens (including phenoxy) is 1. The first-order valence-electron chi connectivity index (χ1n) is 4.87. The fourth-order valence-corrected chi connectivity index (χ4v) is 1.16. The van der Waals surface area contributed by atoms with E-state index in [0.29, 0.717) is 13.2 Å². The van der Waals surface area contributed by atoms with Crippen molar-refractivity contribution in [2.45, 2.75) is 13.5 Å². The zero-order chi connectivity index (χ0) is 11.1. The van der Waals surface area contributed by atoms with E-state index in [0.717, 1.165) is 11.3 Å². The van der Waals surface area contributed by atoms with Gasteiger partial charge in [-0.05, 0) is 19.1 Å². The highest BCUT2D eigenvalue weighted by Gasteiger charge is 2.03. The largest absolute Gasteiger partial charge is 0.377 e. The third-order valence-electron chi connectivity index (χ3n) is 1.92. The van der Waals surface area contributed by atoms with Crippen LogP contribution >= 0.6 is 0 Å². The van der Waals surface area contributed by atoms with Crippen LogP contribution in [0.1, 0.15) is 12.5 Å². The topological polar surface area (TPSA) is 38.3 Å². The summed E-state index contributed by atoms with van der Waals surface area (Å²) in [5.74, 6) is -0.209. The van der Waals surface area contributed by atoms with E-state index in [-0.39, 0.29) is 5.91 Å². The molecule has 1 rings (SSSR count). The van der Waals surface area contributed by atoms with E-state index in [1.165, 1.54) is 6.08 Å². The summed E-state index contributed by atoms with van der Waals surface area (Å²) in [4.78, 5) is 11.1. The van der Waals surface area contributed by atoms with Gasteiger partial charge in [0.25, 0.3) is 0 Å². The second-order valence-corrected chi connectivity index (χ2v) is 2.99. The Morgan fingerprint density at radius 2 is 2.27 bits per heavy atom. The monoisotopic (exact) mass is 205 g/mol. The first-order valence-corrected chi connectivity index (χ1v) is 4.87. The minimum atomic E-state index is -0.209. The Bertz CT molecular complexity index is 347. The molecule has 0 saturated heterocycles. The van der Waals surface area contributed by atoms with Crippen molar-refractivity contribution in [2.24, 2.45) is 0 Å². The first-order chi connectivity index (χ1) is 7.27. The van der Waals surface area contributed by atoms with Gasteiger partial charge >= 0.3 is 0 Å². The Hall–Kier alpha value is -1.61. The first kappa shape index (κ1) is 11.5. The molecule has 0 heterocycles. The Balaban J connectivity index is 2.76. The molecule has 0 spiro atoms. The lowest BCUT2D eigenvalue weighted by molar-refractivity contribution is -0.111. The maximum absolute atomic E-state index is 11.1. The predicted octanol–water partition coefficient (Wildman–Crippen LogP) is 2.35. The zero-order valence-electron chi connectivity index (χ0n) is 8.82. The van der Waals surface area contributed by atoms with E-state index in [1.54, 1.807) is 0 Å². The van der Waals surface area contributed by atoms with Gasteiger partial charge in [0.1, 0.15) is 0 Å². The zero-order valence-corrected chi connectivity index (χ0v) is 8.82. The lowest BCUT2D eigenvalue weighted by Gasteiger charge is -2.09. The van der Waals surface area contributed by atoms with Crippen molar-refractivity contribution in [3.05, 3.63) is 42.5 Å². The number of para-hydroxylation sites is 1. The highest BCUT2D eigenvalue weighted by molar-refractivity contribution is 5.99. The number of rotatable bonds is 5. The lowest BCUT2D eigenvalue weighted by atomic mass is 10.2. The van der Waals surface area contributed by atoms with E-state index in [9.17, 15) is 4.79 Å². The minimum Gasteiger partial charge on any atom is -0.377 e. The van der Waals surface area contributed by atoms with Gasteiger partial charge in [-0.2, -0.15) is 0 Å². The second kappa shape index (κ2) is 5.98. The average Bonchev–Trinajstić information content (AvgIpc) is 2.28. The van der Waals surface area contributed by atoms with Gasteiger partial charge in [0.2, 0.25) is 5.91 Å². The Labute approximate surface area is 89.8 Å². The Morgan fingerprint density at radius 1 is 1.53 bits per heavy atom. The standard InChI is InChI=1S/C12H15NO2/c1-3-12(14)13-11-8-6-5-7-10(11)9-15-4-2/h3,5-8H,1,4,9H2,2H3,(H,13,14). The summed E-state index contributed by atoms with van der Waals surface area (Å²) in [5.41, 5.74) is 1.74. The number of nitrogens with one attached hydrogen (secondary N) is 1. The van der Waals surface area contributed by atoms with Gasteiger partial charge in [0, 0.05) is 17.9 Å². The van der Waals surface area contributed by atoms with Crippen LogP contribution in [0.4, 0.5) is 5.69 Å². The molecule has 1 aromatic rings. The summed E-state index contributed by atoms with van der Waals surface area (Å²) >= 11 is 0. The van der Waals surface area contributed by atoms with Crippen LogP contribution in [0.15, 0.2) is 36.9 Å². The molecular weight excluding hydrogens is 190 g/mol. The van der Waals surface area contributed by atoms with E-state index < -0.39 is 0 Å². The average molecular weight is 205 g/mol. The van der Waals surface area contributed by atoms with Crippen LogP contribution in [0.3, 0.4) is 0 Å². The van der Waals surface area contributed by atoms with E-state index in [4.69, 9.17) is 4.74 Å². The lowest BCUT2D eigenvalue weighted by Crippen LogP contribution is -2.09. The molecule has 0 bridgehead atoms. The number of carbonyl (C=O) groups is 1. The fraction of sp³-hybridized carbons (Fsp3) is 0.250. The van der Waals surface area contributed by atoms with Crippen LogP contribution in [0, 0.1) is 0 Å². The van der Waals surface area contributed by atoms with Crippen molar-refractivity contribution in [3.63, 3.8) is 0 Å². The third kappa shape index (κ3) is 3.56. The van der Waals surface area contributed by atoms with Crippen LogP contribution in [0.25, 0.3) is 0 Å². The normalized spacial score (nSPS) is 9.67. The SMILES string of the molecule is C=CC(=O)Nc1ccccc1COCC. The summed E-state index contributed by atoms with van der Waals surface area (Å²) in [7, 11) is 0. The number of amides is 1. The maximum atomic E-state index is 11.1. The van der Waals surface area contributed by atoms with E-state index in [2.05, 4.69) is 11.9 Å². The van der Waals surface area contributed by atoms with Crippen molar-refractivity contribution in [1.82, 2.24) is 0 Å². The van der Waals surface area contributed by atoms with Crippen molar-refractivity contribution >= 4 is 11.6 Å². The Kier molecular flexibility index (Phi) is 4.57. The summed E-state index contributed by atoms with van der Waals surface area (Å²) in [6.07, 6.45) is 1.25. The molecule has 1 N–H and O–H groups in total. The number of hydrogen-bond donors (Lipinski definition) is 1. The molecule has 0 aliphatic heterocycles. The fourth-order valence-electron chi connectivity index (χ4n) is 1.16. The number of anilines is 1. The summed E-state index contributed by atoms with van der Waals surface area (Å²) in [5, 5.41) is 2.73. The third-order valence-corrected chi connectivity index (χ3v) is 1.92. The van der Waals surface area contributed by atoms with Gasteiger partial charge in [-0.1, -0.05) is 24.8 Å². The molecule has 0 aliphatic carbocycles. The molecule has 0 aromatic heterocycles. The number of hydrogen-bond acceptors (Lipinski definition) is 2. The predicted molar refractivity (Wildman–Crippen MR) is 60.6 cm³/mol. The molecule has 3 nitrogen and oxygen atoms in total. The van der Waals surface area contributed by atoms with Crippen molar-refractivity contribution in [3.8, 4) is 0 Å². The van der Waals surface area contributed by atoms with Gasteiger partial charge in [0.05, 0.1) is 6.61 Å². The van der Waals surface area contributed by atoms with Gasteiger partial charge in [0.15, 0.2) is 0 Å². The molecule has 0 radical (unpaired) electrons. The van der Waals surface area contributed by atoms with Crippen LogP contribution in [0.5, 0.6) is 0 Å². The van der Waals surface area contributed by atoms with Gasteiger partial charge in [-0.15, -0.1) is 0 Å². The second-order valence-electron chi connectivity index (χ2n) is 2.99. The van der Waals surface area contributed by atoms with Gasteiger partial charge in [-0.25, -0.2) is 0 Å². The van der Waals surface area contributed by atoms with Crippen LogP contribution in [-0.2, 0) is 16.1 Å². The van der Waals surface area contributed by atoms with Crippen LogP contribution < -0.4 is 5.32 Å². The number of benzene rings is 1. The smallest absolute Gasteiger partial charge is 0.247 e. The van der Waals surface area contributed by atoms with Crippen molar-refractivity contribution < 1.29 is 9.53 Å². The molecule has 1 aromatic carbocycles. The minimum absolute atomic E-state index is 0.209.